The van der Waals surface area contributed by atoms with Crippen molar-refractivity contribution in [3.8, 4) is 11.4 Å². The molecule has 0 aliphatic heterocycles. The van der Waals surface area contributed by atoms with Gasteiger partial charge in [0.2, 0.25) is 5.91 Å². The fourth-order valence-electron chi connectivity index (χ4n) is 3.75. The summed E-state index contributed by atoms with van der Waals surface area (Å²) in [6, 6.07) is 19.1. The highest BCUT2D eigenvalue weighted by Gasteiger charge is 2.23. The molecule has 3 aromatic rings. The zero-order valence-electron chi connectivity index (χ0n) is 22.1. The predicted molar refractivity (Wildman–Crippen MR) is 144 cm³/mol. The average molecular weight is 491 g/mol. The van der Waals surface area contributed by atoms with E-state index < -0.39 is 0 Å². The first-order valence-electron chi connectivity index (χ1n) is 12.6. The molecule has 0 saturated carbocycles. The van der Waals surface area contributed by atoms with Crippen LogP contribution in [-0.2, 0) is 15.0 Å². The SMILES string of the molecule is CCCCCN(CC(=O)Nc1cc(C(C)(C)C)nn1-c1cccc(C)c1)C(=O)COc1ccccc1. The fourth-order valence-corrected chi connectivity index (χ4v) is 3.75. The highest BCUT2D eigenvalue weighted by molar-refractivity contribution is 5.94. The second-order valence-corrected chi connectivity index (χ2v) is 10.1. The van der Waals surface area contributed by atoms with Crippen molar-refractivity contribution in [1.29, 1.82) is 0 Å². The van der Waals surface area contributed by atoms with Crippen LogP contribution in [0, 0.1) is 6.92 Å². The number of anilines is 1. The van der Waals surface area contributed by atoms with Crippen LogP contribution in [0.1, 0.15) is 58.2 Å². The Bertz CT molecular complexity index is 1150. The minimum atomic E-state index is -0.270. The Hall–Kier alpha value is -3.61. The molecule has 36 heavy (non-hydrogen) atoms. The van der Waals surface area contributed by atoms with Crippen LogP contribution in [0.25, 0.3) is 5.69 Å². The average Bonchev–Trinajstić information content (AvgIpc) is 3.27. The van der Waals surface area contributed by atoms with Crippen LogP contribution in [0.5, 0.6) is 5.75 Å². The second kappa shape index (κ2) is 12.4. The summed E-state index contributed by atoms with van der Waals surface area (Å²) in [7, 11) is 0. The molecule has 0 saturated heterocycles. The lowest BCUT2D eigenvalue weighted by Gasteiger charge is -2.22. The maximum absolute atomic E-state index is 13.2. The molecule has 2 aromatic carbocycles. The maximum Gasteiger partial charge on any atom is 0.260 e. The van der Waals surface area contributed by atoms with Gasteiger partial charge in [-0.05, 0) is 43.2 Å². The molecule has 3 rings (SSSR count). The third-order valence-corrected chi connectivity index (χ3v) is 5.82. The van der Waals surface area contributed by atoms with Crippen molar-refractivity contribution in [2.45, 2.75) is 59.3 Å². The normalized spacial score (nSPS) is 11.2. The summed E-state index contributed by atoms with van der Waals surface area (Å²) in [6.07, 6.45) is 2.84. The van der Waals surface area contributed by atoms with E-state index in [1.165, 1.54) is 0 Å². The van der Waals surface area contributed by atoms with E-state index in [2.05, 4.69) is 33.0 Å². The van der Waals surface area contributed by atoms with Gasteiger partial charge in [0.15, 0.2) is 6.61 Å². The molecule has 7 nitrogen and oxygen atoms in total. The van der Waals surface area contributed by atoms with Crippen molar-refractivity contribution in [2.75, 3.05) is 25.0 Å². The first kappa shape index (κ1) is 27.0. The van der Waals surface area contributed by atoms with Gasteiger partial charge in [-0.1, -0.05) is 70.9 Å². The number of benzene rings is 2. The van der Waals surface area contributed by atoms with E-state index >= 15 is 0 Å². The number of rotatable bonds is 11. The standard InChI is InChI=1S/C29H38N4O3/c1-6-7-11-17-32(28(35)21-36-24-15-9-8-10-16-24)20-27(34)30-26-19-25(29(3,4)5)31-33(26)23-14-12-13-22(2)18-23/h8-10,12-16,18-19H,6-7,11,17,20-21H2,1-5H3,(H,30,34). The molecule has 192 valence electrons. The third kappa shape index (κ3) is 7.70. The Balaban J connectivity index is 1.76. The number of para-hydroxylation sites is 1. The molecular formula is C29H38N4O3. The summed E-state index contributed by atoms with van der Waals surface area (Å²) in [4.78, 5) is 27.7. The molecule has 0 radical (unpaired) electrons. The molecule has 7 heteroatoms. The van der Waals surface area contributed by atoms with Gasteiger partial charge in [0.1, 0.15) is 18.1 Å². The lowest BCUT2D eigenvalue weighted by atomic mass is 9.92. The molecule has 0 unspecified atom stereocenters. The molecule has 0 aliphatic rings. The molecule has 0 atom stereocenters. The topological polar surface area (TPSA) is 76.5 Å². The van der Waals surface area contributed by atoms with Crippen LogP contribution in [0.4, 0.5) is 5.82 Å². The molecule has 0 spiro atoms. The summed E-state index contributed by atoms with van der Waals surface area (Å²) in [5, 5.41) is 7.78. The molecule has 0 fully saturated rings. The second-order valence-electron chi connectivity index (χ2n) is 10.1. The summed E-state index contributed by atoms with van der Waals surface area (Å²) in [5.74, 6) is 0.721. The smallest absolute Gasteiger partial charge is 0.260 e. The van der Waals surface area contributed by atoms with Gasteiger partial charge in [0.05, 0.1) is 11.4 Å². The largest absolute Gasteiger partial charge is 0.484 e. The third-order valence-electron chi connectivity index (χ3n) is 5.82. The summed E-state index contributed by atoms with van der Waals surface area (Å²) >= 11 is 0. The van der Waals surface area contributed by atoms with E-state index in [0.29, 0.717) is 18.1 Å². The number of nitrogens with zero attached hydrogens (tertiary/aromatic N) is 3. The Kier molecular flexibility index (Phi) is 9.28. The van der Waals surface area contributed by atoms with Crippen molar-refractivity contribution in [3.63, 3.8) is 0 Å². The zero-order chi connectivity index (χ0) is 26.1. The number of aromatic nitrogens is 2. The molecule has 0 bridgehead atoms. The van der Waals surface area contributed by atoms with E-state index in [-0.39, 0.29) is 30.4 Å². The van der Waals surface area contributed by atoms with Gasteiger partial charge in [-0.15, -0.1) is 0 Å². The highest BCUT2D eigenvalue weighted by atomic mass is 16.5. The number of carbonyl (C=O) groups is 2. The van der Waals surface area contributed by atoms with Crippen molar-refractivity contribution in [1.82, 2.24) is 14.7 Å². The van der Waals surface area contributed by atoms with Crippen molar-refractivity contribution in [2.24, 2.45) is 0 Å². The van der Waals surface area contributed by atoms with E-state index in [1.54, 1.807) is 21.7 Å². The number of hydrogen-bond donors (Lipinski definition) is 1. The number of hydrogen-bond acceptors (Lipinski definition) is 4. The Morgan fingerprint density at radius 1 is 1.03 bits per heavy atom. The van der Waals surface area contributed by atoms with Gasteiger partial charge < -0.3 is 15.0 Å². The van der Waals surface area contributed by atoms with Crippen molar-refractivity contribution < 1.29 is 14.3 Å². The lowest BCUT2D eigenvalue weighted by Crippen LogP contribution is -2.41. The molecule has 1 aromatic heterocycles. The van der Waals surface area contributed by atoms with Crippen molar-refractivity contribution >= 4 is 17.6 Å². The van der Waals surface area contributed by atoms with Gasteiger partial charge in [0, 0.05) is 18.0 Å². The number of nitrogens with one attached hydrogen (secondary N) is 1. The zero-order valence-corrected chi connectivity index (χ0v) is 22.1. The minimum absolute atomic E-state index is 0.0510. The molecule has 1 heterocycles. The van der Waals surface area contributed by atoms with Crippen LogP contribution in [0.2, 0.25) is 0 Å². The first-order chi connectivity index (χ1) is 17.2. The summed E-state index contributed by atoms with van der Waals surface area (Å²) in [5.41, 5.74) is 2.65. The molecule has 2 amide bonds. The molecular weight excluding hydrogens is 452 g/mol. The Labute approximate surface area is 214 Å². The van der Waals surface area contributed by atoms with E-state index in [4.69, 9.17) is 9.84 Å². The van der Waals surface area contributed by atoms with Crippen LogP contribution < -0.4 is 10.1 Å². The van der Waals surface area contributed by atoms with Gasteiger partial charge >= 0.3 is 0 Å². The van der Waals surface area contributed by atoms with Gasteiger partial charge in [-0.3, -0.25) is 9.59 Å². The Morgan fingerprint density at radius 3 is 2.44 bits per heavy atom. The van der Waals surface area contributed by atoms with Gasteiger partial charge in [-0.25, -0.2) is 4.68 Å². The van der Waals surface area contributed by atoms with Crippen LogP contribution >= 0.6 is 0 Å². The lowest BCUT2D eigenvalue weighted by molar-refractivity contribution is -0.136. The van der Waals surface area contributed by atoms with Crippen LogP contribution in [0.15, 0.2) is 60.7 Å². The fraction of sp³-hybridized carbons (Fsp3) is 0.414. The van der Waals surface area contributed by atoms with Crippen LogP contribution in [0.3, 0.4) is 0 Å². The number of ether oxygens (including phenoxy) is 1. The first-order valence-corrected chi connectivity index (χ1v) is 12.6. The summed E-state index contributed by atoms with van der Waals surface area (Å²) < 4.78 is 7.40. The van der Waals surface area contributed by atoms with Gasteiger partial charge in [-0.2, -0.15) is 5.10 Å². The van der Waals surface area contributed by atoms with Gasteiger partial charge in [0.25, 0.3) is 5.91 Å². The highest BCUT2D eigenvalue weighted by Crippen LogP contribution is 2.26. The number of unbranched alkanes of at least 4 members (excludes halogenated alkanes) is 2. The molecule has 1 N–H and O–H groups in total. The monoisotopic (exact) mass is 490 g/mol. The number of amides is 2. The van der Waals surface area contributed by atoms with E-state index in [0.717, 1.165) is 36.2 Å². The minimum Gasteiger partial charge on any atom is -0.484 e. The predicted octanol–water partition coefficient (Wildman–Crippen LogP) is 5.51. The van der Waals surface area contributed by atoms with Crippen LogP contribution in [-0.4, -0.2) is 46.2 Å². The van der Waals surface area contributed by atoms with E-state index in [1.807, 2.05) is 55.5 Å². The number of carbonyl (C=O) groups excluding carboxylic acids is 2. The molecule has 0 aliphatic carbocycles. The Morgan fingerprint density at radius 2 is 1.78 bits per heavy atom. The van der Waals surface area contributed by atoms with Crippen molar-refractivity contribution in [3.05, 3.63) is 71.9 Å². The maximum atomic E-state index is 13.2. The number of aryl methyl sites for hydroxylation is 1. The summed E-state index contributed by atoms with van der Waals surface area (Å²) in [6.45, 7) is 10.7. The van der Waals surface area contributed by atoms with E-state index in [9.17, 15) is 9.59 Å². The quantitative estimate of drug-likeness (QED) is 0.359.